The summed E-state index contributed by atoms with van der Waals surface area (Å²) in [6, 6.07) is 5.35. The van der Waals surface area contributed by atoms with Gasteiger partial charge >= 0.3 is 11.9 Å². The molecule has 11 heteroatoms. The Hall–Kier alpha value is -3.02. The fourth-order valence-electron chi connectivity index (χ4n) is 3.69. The van der Waals surface area contributed by atoms with Gasteiger partial charge in [-0.3, -0.25) is 4.79 Å². The van der Waals surface area contributed by atoms with Gasteiger partial charge < -0.3 is 19.2 Å². The summed E-state index contributed by atoms with van der Waals surface area (Å²) in [6.07, 6.45) is -1.14. The summed E-state index contributed by atoms with van der Waals surface area (Å²) in [6.45, 7) is 7.78. The second kappa shape index (κ2) is 10.5. The first-order chi connectivity index (χ1) is 16.1. The van der Waals surface area contributed by atoms with E-state index in [0.29, 0.717) is 24.5 Å². The molecule has 1 saturated heterocycles. The van der Waals surface area contributed by atoms with E-state index in [-0.39, 0.29) is 41.4 Å². The van der Waals surface area contributed by atoms with Crippen molar-refractivity contribution in [3.63, 3.8) is 0 Å². The van der Waals surface area contributed by atoms with Crippen molar-refractivity contribution in [1.82, 2.24) is 9.29 Å². The zero-order chi connectivity index (χ0) is 25.0. The van der Waals surface area contributed by atoms with Gasteiger partial charge in [0.25, 0.3) is 0 Å². The van der Waals surface area contributed by atoms with Gasteiger partial charge in [-0.2, -0.15) is 4.31 Å². The second-order valence-corrected chi connectivity index (χ2v) is 9.74. The number of carbonyl (C=O) groups excluding carboxylic acids is 3. The third-order valence-electron chi connectivity index (χ3n) is 5.51. The van der Waals surface area contributed by atoms with E-state index in [9.17, 15) is 22.8 Å². The van der Waals surface area contributed by atoms with E-state index in [4.69, 9.17) is 14.2 Å². The SMILES string of the molecule is CCOC(=O)c1c(C)[nH]c(C(=O)C(C)OC(=O)c2ccc(S(=O)(=O)N3CCOCC3)cc2)c1C. The molecule has 1 unspecified atom stereocenters. The lowest BCUT2D eigenvalue weighted by Crippen LogP contribution is -2.40. The average molecular weight is 493 g/mol. The normalized spacial score (nSPS) is 15.5. The van der Waals surface area contributed by atoms with Crippen LogP contribution in [-0.2, 0) is 24.2 Å². The maximum absolute atomic E-state index is 12.9. The van der Waals surface area contributed by atoms with Crippen LogP contribution in [0.1, 0.15) is 56.3 Å². The number of Topliss-reactive ketones (excluding diaryl/α,β-unsaturated/α-hetero) is 1. The Morgan fingerprint density at radius 1 is 1.09 bits per heavy atom. The number of nitrogens with one attached hydrogen (secondary N) is 1. The molecule has 1 N–H and O–H groups in total. The number of nitrogens with zero attached hydrogens (tertiary/aromatic N) is 1. The Labute approximate surface area is 198 Å². The molecule has 10 nitrogen and oxygen atoms in total. The zero-order valence-electron chi connectivity index (χ0n) is 19.5. The van der Waals surface area contributed by atoms with E-state index in [1.54, 1.807) is 20.8 Å². The Balaban J connectivity index is 1.70. The molecule has 0 amide bonds. The van der Waals surface area contributed by atoms with Crippen molar-refractivity contribution in [2.75, 3.05) is 32.9 Å². The molecule has 3 rings (SSSR count). The van der Waals surface area contributed by atoms with Crippen LogP contribution in [0.3, 0.4) is 0 Å². The summed E-state index contributed by atoms with van der Waals surface area (Å²) in [5.74, 6) is -1.82. The van der Waals surface area contributed by atoms with Gasteiger partial charge in [0.1, 0.15) is 0 Å². The van der Waals surface area contributed by atoms with Crippen LogP contribution in [0.4, 0.5) is 0 Å². The summed E-state index contributed by atoms with van der Waals surface area (Å²) in [7, 11) is -3.69. The van der Waals surface area contributed by atoms with Gasteiger partial charge in [0.05, 0.1) is 41.5 Å². The highest BCUT2D eigenvalue weighted by Crippen LogP contribution is 2.22. The number of aryl methyl sites for hydroxylation is 1. The van der Waals surface area contributed by atoms with Crippen LogP contribution in [0.2, 0.25) is 0 Å². The van der Waals surface area contributed by atoms with Crippen LogP contribution in [0.15, 0.2) is 29.2 Å². The average Bonchev–Trinajstić information content (AvgIpc) is 3.13. The number of ketones is 1. The summed E-state index contributed by atoms with van der Waals surface area (Å²) in [5, 5.41) is 0. The summed E-state index contributed by atoms with van der Waals surface area (Å²) >= 11 is 0. The van der Waals surface area contributed by atoms with Gasteiger partial charge in [0.15, 0.2) is 6.10 Å². The lowest BCUT2D eigenvalue weighted by molar-refractivity contribution is 0.0316. The summed E-state index contributed by atoms with van der Waals surface area (Å²) in [5.41, 5.74) is 1.44. The van der Waals surface area contributed by atoms with Crippen molar-refractivity contribution in [3.8, 4) is 0 Å². The predicted octanol–water partition coefficient (Wildman–Crippen LogP) is 2.26. The number of hydrogen-bond acceptors (Lipinski definition) is 8. The molecule has 1 aromatic heterocycles. The minimum absolute atomic E-state index is 0.0547. The molecule has 0 saturated carbocycles. The van der Waals surface area contributed by atoms with Crippen molar-refractivity contribution in [1.29, 1.82) is 0 Å². The number of aromatic nitrogens is 1. The van der Waals surface area contributed by atoms with Crippen LogP contribution in [0.25, 0.3) is 0 Å². The molecule has 1 aliphatic heterocycles. The molecule has 2 aromatic rings. The van der Waals surface area contributed by atoms with E-state index in [1.807, 2.05) is 0 Å². The largest absolute Gasteiger partial charge is 0.462 e. The van der Waals surface area contributed by atoms with E-state index in [0.717, 1.165) is 0 Å². The van der Waals surface area contributed by atoms with Gasteiger partial charge in [-0.25, -0.2) is 18.0 Å². The first-order valence-corrected chi connectivity index (χ1v) is 12.3. The van der Waals surface area contributed by atoms with Crippen LogP contribution >= 0.6 is 0 Å². The van der Waals surface area contributed by atoms with E-state index in [2.05, 4.69) is 4.98 Å². The Kier molecular flexibility index (Phi) is 7.90. The van der Waals surface area contributed by atoms with Crippen LogP contribution < -0.4 is 0 Å². The quantitative estimate of drug-likeness (QED) is 0.438. The maximum atomic E-state index is 12.9. The minimum Gasteiger partial charge on any atom is -0.462 e. The highest BCUT2D eigenvalue weighted by atomic mass is 32.2. The monoisotopic (exact) mass is 492 g/mol. The van der Waals surface area contributed by atoms with Gasteiger partial charge in [0.2, 0.25) is 15.8 Å². The lowest BCUT2D eigenvalue weighted by atomic mass is 10.1. The smallest absolute Gasteiger partial charge is 0.340 e. The molecular weight excluding hydrogens is 464 g/mol. The molecule has 1 aliphatic rings. The van der Waals surface area contributed by atoms with Crippen molar-refractivity contribution in [2.24, 2.45) is 0 Å². The minimum atomic E-state index is -3.69. The fourth-order valence-corrected chi connectivity index (χ4v) is 5.10. The van der Waals surface area contributed by atoms with Gasteiger partial charge in [-0.05, 0) is 57.5 Å². The summed E-state index contributed by atoms with van der Waals surface area (Å²) in [4.78, 5) is 40.5. The van der Waals surface area contributed by atoms with Crippen molar-refractivity contribution < 1.29 is 37.0 Å². The summed E-state index contributed by atoms with van der Waals surface area (Å²) < 4.78 is 42.3. The van der Waals surface area contributed by atoms with E-state index >= 15 is 0 Å². The van der Waals surface area contributed by atoms with E-state index < -0.39 is 33.8 Å². The van der Waals surface area contributed by atoms with E-state index in [1.165, 1.54) is 35.5 Å². The number of morpholine rings is 1. The van der Waals surface area contributed by atoms with Crippen molar-refractivity contribution in [2.45, 2.75) is 38.7 Å². The van der Waals surface area contributed by atoms with Gasteiger partial charge in [0, 0.05) is 18.8 Å². The second-order valence-electron chi connectivity index (χ2n) is 7.80. The fraction of sp³-hybridized carbons (Fsp3) is 0.435. The number of benzene rings is 1. The first-order valence-electron chi connectivity index (χ1n) is 10.9. The third-order valence-corrected chi connectivity index (χ3v) is 7.43. The highest BCUT2D eigenvalue weighted by molar-refractivity contribution is 7.89. The maximum Gasteiger partial charge on any atom is 0.340 e. The van der Waals surface area contributed by atoms with Crippen molar-refractivity contribution >= 4 is 27.7 Å². The molecule has 1 fully saturated rings. The number of hydrogen-bond donors (Lipinski definition) is 1. The number of aromatic amines is 1. The number of sulfonamides is 1. The van der Waals surface area contributed by atoms with Crippen molar-refractivity contribution in [3.05, 3.63) is 52.3 Å². The molecule has 1 atom stereocenters. The molecule has 2 heterocycles. The molecule has 34 heavy (non-hydrogen) atoms. The third kappa shape index (κ3) is 5.21. The number of carbonyl (C=O) groups is 3. The van der Waals surface area contributed by atoms with Crippen LogP contribution in [0, 0.1) is 13.8 Å². The number of H-pyrrole nitrogens is 1. The number of esters is 2. The number of rotatable bonds is 8. The topological polar surface area (TPSA) is 132 Å². The number of ether oxygens (including phenoxy) is 3. The Morgan fingerprint density at radius 3 is 2.29 bits per heavy atom. The standard InChI is InChI=1S/C23H28N2O8S/c1-5-32-23(28)19-14(2)20(24-15(19)3)21(26)16(4)33-22(27)17-6-8-18(9-7-17)34(29,30)25-10-12-31-13-11-25/h6-9,16,24H,5,10-13H2,1-4H3. The molecule has 0 aliphatic carbocycles. The molecule has 0 spiro atoms. The van der Waals surface area contributed by atoms with Gasteiger partial charge in [-0.1, -0.05) is 0 Å². The Bertz CT molecular complexity index is 1180. The predicted molar refractivity (Wildman–Crippen MR) is 121 cm³/mol. The lowest BCUT2D eigenvalue weighted by Gasteiger charge is -2.26. The van der Waals surface area contributed by atoms with Crippen LogP contribution in [0.5, 0.6) is 0 Å². The molecule has 0 radical (unpaired) electrons. The molecule has 0 bridgehead atoms. The van der Waals surface area contributed by atoms with Gasteiger partial charge in [-0.15, -0.1) is 0 Å². The molecular formula is C23H28N2O8S. The first kappa shape index (κ1) is 25.6. The highest BCUT2D eigenvalue weighted by Gasteiger charge is 2.29. The zero-order valence-corrected chi connectivity index (χ0v) is 20.4. The molecule has 184 valence electrons. The molecule has 1 aromatic carbocycles. The Morgan fingerprint density at radius 2 is 1.71 bits per heavy atom. The van der Waals surface area contributed by atoms with Crippen LogP contribution in [-0.4, -0.2) is 74.4 Å².